The van der Waals surface area contributed by atoms with Crippen LogP contribution in [0.2, 0.25) is 0 Å². The molecule has 0 radical (unpaired) electrons. The van der Waals surface area contributed by atoms with Crippen molar-refractivity contribution in [3.8, 4) is 0 Å². The standard InChI is InChI=1S/C21H23N3O2/c25-19(23-13-6-1-2-7-14-23)15-18-20-17(11-8-12-22-20)21(26)24(18)16-9-4-3-5-10-16/h3-5,8-12,18H,1-2,6-7,13-15H2/t18-/m1/s1. The molecule has 0 N–H and O–H groups in total. The molecule has 1 aromatic carbocycles. The van der Waals surface area contributed by atoms with Gasteiger partial charge >= 0.3 is 0 Å². The molecule has 1 saturated heterocycles. The van der Waals surface area contributed by atoms with E-state index < -0.39 is 0 Å². The number of hydrogen-bond donors (Lipinski definition) is 0. The van der Waals surface area contributed by atoms with Gasteiger partial charge in [-0.1, -0.05) is 31.0 Å². The van der Waals surface area contributed by atoms with Crippen molar-refractivity contribution in [3.63, 3.8) is 0 Å². The van der Waals surface area contributed by atoms with E-state index >= 15 is 0 Å². The predicted molar refractivity (Wildman–Crippen MR) is 99.9 cm³/mol. The summed E-state index contributed by atoms with van der Waals surface area (Å²) in [4.78, 5) is 34.1. The van der Waals surface area contributed by atoms with Crippen molar-refractivity contribution in [2.75, 3.05) is 18.0 Å². The van der Waals surface area contributed by atoms with Crippen LogP contribution in [0.3, 0.4) is 0 Å². The van der Waals surface area contributed by atoms with Crippen molar-refractivity contribution in [3.05, 3.63) is 59.9 Å². The first-order valence-electron chi connectivity index (χ1n) is 9.37. The van der Waals surface area contributed by atoms with E-state index in [4.69, 9.17) is 0 Å². The van der Waals surface area contributed by atoms with E-state index in [0.29, 0.717) is 11.3 Å². The average molecular weight is 349 g/mol. The molecular formula is C21H23N3O2. The molecule has 2 aliphatic rings. The third-order valence-corrected chi connectivity index (χ3v) is 5.28. The first kappa shape index (κ1) is 16.8. The molecular weight excluding hydrogens is 326 g/mol. The number of fused-ring (bicyclic) bond motifs is 1. The number of anilines is 1. The molecule has 4 rings (SSSR count). The minimum Gasteiger partial charge on any atom is -0.343 e. The SMILES string of the molecule is O=C(C[C@@H]1c2ncccc2C(=O)N1c1ccccc1)N1CCCCCC1. The van der Waals surface area contributed by atoms with E-state index in [-0.39, 0.29) is 24.3 Å². The van der Waals surface area contributed by atoms with Crippen LogP contribution < -0.4 is 4.90 Å². The summed E-state index contributed by atoms with van der Waals surface area (Å²) in [5.41, 5.74) is 2.12. The largest absolute Gasteiger partial charge is 0.343 e. The van der Waals surface area contributed by atoms with E-state index in [9.17, 15) is 9.59 Å². The Morgan fingerprint density at radius 1 is 1.00 bits per heavy atom. The zero-order valence-corrected chi connectivity index (χ0v) is 14.8. The van der Waals surface area contributed by atoms with Gasteiger partial charge in [-0.15, -0.1) is 0 Å². The number of benzene rings is 1. The molecule has 26 heavy (non-hydrogen) atoms. The highest BCUT2D eigenvalue weighted by atomic mass is 16.2. The number of likely N-dealkylation sites (tertiary alicyclic amines) is 1. The third kappa shape index (κ3) is 3.09. The maximum atomic E-state index is 13.0. The Bertz CT molecular complexity index is 798. The van der Waals surface area contributed by atoms with Gasteiger partial charge in [0.25, 0.3) is 5.91 Å². The molecule has 2 amide bonds. The number of pyridine rings is 1. The lowest BCUT2D eigenvalue weighted by Gasteiger charge is -2.27. The molecule has 0 saturated carbocycles. The van der Waals surface area contributed by atoms with Crippen LogP contribution in [-0.4, -0.2) is 34.8 Å². The van der Waals surface area contributed by atoms with Gasteiger partial charge in [-0.25, -0.2) is 0 Å². The lowest BCUT2D eigenvalue weighted by molar-refractivity contribution is -0.131. The number of hydrogen-bond acceptors (Lipinski definition) is 3. The van der Waals surface area contributed by atoms with Gasteiger partial charge in [0, 0.05) is 25.0 Å². The lowest BCUT2D eigenvalue weighted by Crippen LogP contribution is -2.36. The summed E-state index contributed by atoms with van der Waals surface area (Å²) in [6, 6.07) is 12.8. The van der Waals surface area contributed by atoms with Gasteiger partial charge in [0.1, 0.15) is 0 Å². The molecule has 5 nitrogen and oxygen atoms in total. The van der Waals surface area contributed by atoms with Gasteiger partial charge in [-0.05, 0) is 37.1 Å². The Balaban J connectivity index is 1.64. The highest BCUT2D eigenvalue weighted by Gasteiger charge is 2.40. The Hall–Kier alpha value is -2.69. The molecule has 0 spiro atoms. The molecule has 0 unspecified atom stereocenters. The monoisotopic (exact) mass is 349 g/mol. The second-order valence-corrected chi connectivity index (χ2v) is 6.96. The van der Waals surface area contributed by atoms with Crippen LogP contribution in [0.5, 0.6) is 0 Å². The van der Waals surface area contributed by atoms with Crippen molar-refractivity contribution >= 4 is 17.5 Å². The number of rotatable bonds is 3. The Kier molecular flexibility index (Phi) is 4.69. The second-order valence-electron chi connectivity index (χ2n) is 6.96. The zero-order chi connectivity index (χ0) is 17.9. The number of aromatic nitrogens is 1. The minimum absolute atomic E-state index is 0.0760. The molecule has 1 aromatic heterocycles. The highest BCUT2D eigenvalue weighted by molar-refractivity contribution is 6.11. The Morgan fingerprint density at radius 3 is 2.46 bits per heavy atom. The van der Waals surface area contributed by atoms with Crippen LogP contribution in [-0.2, 0) is 4.79 Å². The van der Waals surface area contributed by atoms with Gasteiger partial charge in [-0.3, -0.25) is 19.5 Å². The first-order valence-corrected chi connectivity index (χ1v) is 9.37. The smallest absolute Gasteiger partial charge is 0.260 e. The van der Waals surface area contributed by atoms with Gasteiger partial charge in [0.15, 0.2) is 0 Å². The summed E-state index contributed by atoms with van der Waals surface area (Å²) >= 11 is 0. The Labute approximate surface area is 153 Å². The maximum Gasteiger partial charge on any atom is 0.260 e. The summed E-state index contributed by atoms with van der Waals surface area (Å²) in [6.45, 7) is 1.64. The normalized spacial score (nSPS) is 20.0. The maximum absolute atomic E-state index is 13.0. The zero-order valence-electron chi connectivity index (χ0n) is 14.8. The molecule has 134 valence electrons. The Morgan fingerprint density at radius 2 is 1.73 bits per heavy atom. The van der Waals surface area contributed by atoms with Gasteiger partial charge in [0.05, 0.1) is 23.7 Å². The van der Waals surface area contributed by atoms with Crippen LogP contribution >= 0.6 is 0 Å². The van der Waals surface area contributed by atoms with Crippen LogP contribution in [0.15, 0.2) is 48.7 Å². The number of para-hydroxylation sites is 1. The van der Waals surface area contributed by atoms with E-state index in [0.717, 1.165) is 31.6 Å². The van der Waals surface area contributed by atoms with E-state index in [1.807, 2.05) is 35.2 Å². The fourth-order valence-corrected chi connectivity index (χ4v) is 3.95. The van der Waals surface area contributed by atoms with Crippen LogP contribution in [0, 0.1) is 0 Å². The fourth-order valence-electron chi connectivity index (χ4n) is 3.95. The highest BCUT2D eigenvalue weighted by Crippen LogP contribution is 2.38. The van der Waals surface area contributed by atoms with Crippen molar-refractivity contribution in [2.45, 2.75) is 38.1 Å². The van der Waals surface area contributed by atoms with Crippen LogP contribution in [0.1, 0.15) is 54.2 Å². The topological polar surface area (TPSA) is 53.5 Å². The molecule has 0 aliphatic carbocycles. The molecule has 1 atom stereocenters. The first-order chi connectivity index (χ1) is 12.8. The number of amides is 2. The van der Waals surface area contributed by atoms with Crippen molar-refractivity contribution in [1.29, 1.82) is 0 Å². The third-order valence-electron chi connectivity index (χ3n) is 5.28. The molecule has 3 heterocycles. The van der Waals surface area contributed by atoms with E-state index in [2.05, 4.69) is 4.98 Å². The molecule has 2 aromatic rings. The van der Waals surface area contributed by atoms with E-state index in [1.165, 1.54) is 12.8 Å². The minimum atomic E-state index is -0.336. The summed E-state index contributed by atoms with van der Waals surface area (Å²) in [5, 5.41) is 0. The van der Waals surface area contributed by atoms with Gasteiger partial charge < -0.3 is 4.90 Å². The number of carbonyl (C=O) groups is 2. The van der Waals surface area contributed by atoms with Crippen molar-refractivity contribution in [2.24, 2.45) is 0 Å². The van der Waals surface area contributed by atoms with E-state index in [1.54, 1.807) is 23.2 Å². The molecule has 0 bridgehead atoms. The number of nitrogens with zero attached hydrogens (tertiary/aromatic N) is 3. The van der Waals surface area contributed by atoms with Crippen LogP contribution in [0.25, 0.3) is 0 Å². The molecule has 2 aliphatic heterocycles. The van der Waals surface area contributed by atoms with Crippen LogP contribution in [0.4, 0.5) is 5.69 Å². The summed E-state index contributed by atoms with van der Waals surface area (Å²) < 4.78 is 0. The second kappa shape index (κ2) is 7.28. The molecule has 5 heteroatoms. The lowest BCUT2D eigenvalue weighted by atomic mass is 10.1. The number of carbonyl (C=O) groups excluding carboxylic acids is 2. The average Bonchev–Trinajstić information content (AvgIpc) is 2.86. The summed E-state index contributed by atoms with van der Waals surface area (Å²) in [7, 11) is 0. The van der Waals surface area contributed by atoms with Crippen molar-refractivity contribution in [1.82, 2.24) is 9.88 Å². The summed E-state index contributed by atoms with van der Waals surface area (Å²) in [6.07, 6.45) is 6.48. The summed E-state index contributed by atoms with van der Waals surface area (Å²) in [5.74, 6) is 0.0390. The van der Waals surface area contributed by atoms with Gasteiger partial charge in [-0.2, -0.15) is 0 Å². The van der Waals surface area contributed by atoms with Gasteiger partial charge in [0.2, 0.25) is 5.91 Å². The predicted octanol–water partition coefficient (Wildman–Crippen LogP) is 3.58. The van der Waals surface area contributed by atoms with Crippen molar-refractivity contribution < 1.29 is 9.59 Å². The molecule has 1 fully saturated rings. The quantitative estimate of drug-likeness (QED) is 0.851. The fraction of sp³-hybridized carbons (Fsp3) is 0.381.